The molecule has 4 aromatic rings. The molecule has 0 radical (unpaired) electrons. The third-order valence-electron chi connectivity index (χ3n) is 6.50. The van der Waals surface area contributed by atoms with E-state index in [0.717, 1.165) is 23.7 Å². The maximum Gasteiger partial charge on any atom is 0.251 e. The van der Waals surface area contributed by atoms with Crippen molar-refractivity contribution in [2.45, 2.75) is 31.5 Å². The summed E-state index contributed by atoms with van der Waals surface area (Å²) in [6, 6.07) is 14.5. The predicted octanol–water partition coefficient (Wildman–Crippen LogP) is 4.99. The molecule has 0 saturated carbocycles. The first-order chi connectivity index (χ1) is 19.8. The fourth-order valence-electron chi connectivity index (χ4n) is 4.47. The summed E-state index contributed by atoms with van der Waals surface area (Å²) >= 11 is 12.2. The smallest absolute Gasteiger partial charge is 0.251 e. The summed E-state index contributed by atoms with van der Waals surface area (Å²) in [5, 5.41) is 15.2. The summed E-state index contributed by atoms with van der Waals surface area (Å²) in [5.41, 5.74) is 1.12. The lowest BCUT2D eigenvalue weighted by Gasteiger charge is -2.32. The van der Waals surface area contributed by atoms with Crippen LogP contribution in [0.3, 0.4) is 0 Å². The highest BCUT2D eigenvalue weighted by Gasteiger charge is 2.34. The van der Waals surface area contributed by atoms with Gasteiger partial charge in [-0.15, -0.1) is 10.2 Å². The van der Waals surface area contributed by atoms with Gasteiger partial charge < -0.3 is 10.1 Å². The Morgan fingerprint density at radius 1 is 1.07 bits per heavy atom. The highest BCUT2D eigenvalue weighted by Crippen LogP contribution is 2.32. The van der Waals surface area contributed by atoms with E-state index in [1.54, 1.807) is 24.3 Å². The summed E-state index contributed by atoms with van der Waals surface area (Å²) in [7, 11) is 0. The van der Waals surface area contributed by atoms with Crippen molar-refractivity contribution in [3.63, 3.8) is 0 Å². The number of carbonyl (C=O) groups is 2. The molecular formula is C28H24Cl2F2N6O3. The summed E-state index contributed by atoms with van der Waals surface area (Å²) in [4.78, 5) is 29.9. The van der Waals surface area contributed by atoms with Crippen molar-refractivity contribution in [2.24, 2.45) is 0 Å². The van der Waals surface area contributed by atoms with Gasteiger partial charge in [0.25, 0.3) is 5.91 Å². The zero-order valence-electron chi connectivity index (χ0n) is 21.5. The number of hydrogen-bond acceptors (Lipinski definition) is 6. The largest absolute Gasteiger partial charge is 0.376 e. The van der Waals surface area contributed by atoms with Crippen LogP contribution < -0.4 is 10.2 Å². The number of carbonyl (C=O) groups excluding carboxylic acids is 2. The standard InChI is InChI=1S/C28H24Cl2F2N6O3/c29-19-7-3-17(4-8-19)26(28(40)33-15-22-2-1-13-41-22)38(21-11-12-24(32)23(30)14-21)25(39)16-37-35-27(34-36-37)18-5-9-20(31)10-6-18/h3-12,14,22,26H,1-2,13,15-16H2,(H,33,40). The van der Waals surface area contributed by atoms with E-state index < -0.39 is 36.0 Å². The number of aromatic nitrogens is 4. The van der Waals surface area contributed by atoms with Crippen molar-refractivity contribution in [1.29, 1.82) is 0 Å². The zero-order valence-corrected chi connectivity index (χ0v) is 23.0. The van der Waals surface area contributed by atoms with Gasteiger partial charge in [0, 0.05) is 29.4 Å². The summed E-state index contributed by atoms with van der Waals surface area (Å²) in [6.07, 6.45) is 1.56. The topological polar surface area (TPSA) is 102 Å². The third kappa shape index (κ3) is 6.87. The molecule has 1 aromatic heterocycles. The molecule has 13 heteroatoms. The number of rotatable bonds is 9. The van der Waals surface area contributed by atoms with Gasteiger partial charge in [0.05, 0.1) is 11.1 Å². The number of tetrazole rings is 1. The molecule has 1 N–H and O–H groups in total. The van der Waals surface area contributed by atoms with Crippen LogP contribution in [0.25, 0.3) is 11.4 Å². The fraction of sp³-hybridized carbons (Fsp3) is 0.250. The highest BCUT2D eigenvalue weighted by atomic mass is 35.5. The van der Waals surface area contributed by atoms with E-state index in [1.807, 2.05) is 0 Å². The molecule has 1 fully saturated rings. The summed E-state index contributed by atoms with van der Waals surface area (Å²) < 4.78 is 33.1. The molecule has 0 spiro atoms. The molecular weight excluding hydrogens is 577 g/mol. The number of hydrogen-bond donors (Lipinski definition) is 1. The first-order valence-corrected chi connectivity index (χ1v) is 13.5. The molecule has 3 aromatic carbocycles. The van der Waals surface area contributed by atoms with Crippen LogP contribution in [0.15, 0.2) is 66.7 Å². The Kier molecular flexibility index (Phi) is 8.87. The molecule has 2 amide bonds. The van der Waals surface area contributed by atoms with Crippen LogP contribution >= 0.6 is 23.2 Å². The van der Waals surface area contributed by atoms with Gasteiger partial charge in [-0.25, -0.2) is 8.78 Å². The van der Waals surface area contributed by atoms with Crippen molar-refractivity contribution < 1.29 is 23.1 Å². The molecule has 2 unspecified atom stereocenters. The molecule has 212 valence electrons. The second kappa shape index (κ2) is 12.7. The molecule has 1 aliphatic heterocycles. The number of halogens is 4. The van der Waals surface area contributed by atoms with Crippen molar-refractivity contribution in [1.82, 2.24) is 25.5 Å². The Labute approximate surface area is 244 Å². The second-order valence-corrected chi connectivity index (χ2v) is 10.2. The zero-order chi connectivity index (χ0) is 28.9. The van der Waals surface area contributed by atoms with E-state index in [4.69, 9.17) is 27.9 Å². The first kappa shape index (κ1) is 28.6. The predicted molar refractivity (Wildman–Crippen MR) is 148 cm³/mol. The first-order valence-electron chi connectivity index (χ1n) is 12.7. The van der Waals surface area contributed by atoms with Crippen LogP contribution in [-0.2, 0) is 20.9 Å². The quantitative estimate of drug-likeness (QED) is 0.290. The van der Waals surface area contributed by atoms with Gasteiger partial charge in [0.1, 0.15) is 24.2 Å². The van der Waals surface area contributed by atoms with E-state index >= 15 is 0 Å². The fourth-order valence-corrected chi connectivity index (χ4v) is 4.77. The molecule has 2 atom stereocenters. The Bertz CT molecular complexity index is 1530. The molecule has 1 saturated heterocycles. The number of ether oxygens (including phenoxy) is 1. The van der Waals surface area contributed by atoms with Gasteiger partial charge in [-0.05, 0) is 78.2 Å². The molecule has 1 aliphatic rings. The minimum Gasteiger partial charge on any atom is -0.376 e. The van der Waals surface area contributed by atoms with E-state index in [9.17, 15) is 18.4 Å². The normalized spacial score (nSPS) is 15.5. The van der Waals surface area contributed by atoms with E-state index in [-0.39, 0.29) is 29.2 Å². The van der Waals surface area contributed by atoms with Gasteiger partial charge in [-0.1, -0.05) is 35.3 Å². The monoisotopic (exact) mass is 600 g/mol. The van der Waals surface area contributed by atoms with Gasteiger partial charge in [0.2, 0.25) is 11.7 Å². The average Bonchev–Trinajstić information content (AvgIpc) is 3.66. The number of benzene rings is 3. The SMILES string of the molecule is O=C(NCC1CCCO1)C(c1ccc(Cl)cc1)N(C(=O)Cn1nnc(-c2ccc(F)cc2)n1)c1ccc(F)c(Cl)c1. The van der Waals surface area contributed by atoms with Gasteiger partial charge >= 0.3 is 0 Å². The van der Waals surface area contributed by atoms with Gasteiger partial charge in [0.15, 0.2) is 0 Å². The van der Waals surface area contributed by atoms with Crippen LogP contribution in [0, 0.1) is 11.6 Å². The molecule has 0 bridgehead atoms. The number of amides is 2. The Morgan fingerprint density at radius 2 is 1.83 bits per heavy atom. The lowest BCUT2D eigenvalue weighted by Crippen LogP contribution is -2.46. The van der Waals surface area contributed by atoms with E-state index in [1.165, 1.54) is 41.3 Å². The van der Waals surface area contributed by atoms with Crippen LogP contribution in [0.4, 0.5) is 14.5 Å². The molecule has 5 rings (SSSR count). The third-order valence-corrected chi connectivity index (χ3v) is 7.04. The maximum absolute atomic E-state index is 14.1. The minimum atomic E-state index is -1.19. The number of nitrogens with one attached hydrogen (secondary N) is 1. The lowest BCUT2D eigenvalue weighted by molar-refractivity contribution is -0.127. The summed E-state index contributed by atoms with van der Waals surface area (Å²) in [6.45, 7) is 0.442. The van der Waals surface area contributed by atoms with Crippen molar-refractivity contribution >= 4 is 40.7 Å². The van der Waals surface area contributed by atoms with Crippen molar-refractivity contribution in [3.05, 3.63) is 94.0 Å². The Hall–Kier alpha value is -3.93. The van der Waals surface area contributed by atoms with Crippen LogP contribution in [0.2, 0.25) is 10.0 Å². The lowest BCUT2D eigenvalue weighted by atomic mass is 10.0. The van der Waals surface area contributed by atoms with Gasteiger partial charge in [-0.3, -0.25) is 14.5 Å². The summed E-state index contributed by atoms with van der Waals surface area (Å²) in [5.74, 6) is -2.03. The number of anilines is 1. The molecule has 9 nitrogen and oxygen atoms in total. The van der Waals surface area contributed by atoms with Crippen LogP contribution in [-0.4, -0.2) is 51.3 Å². The van der Waals surface area contributed by atoms with E-state index in [0.29, 0.717) is 22.8 Å². The molecule has 41 heavy (non-hydrogen) atoms. The Morgan fingerprint density at radius 3 is 2.51 bits per heavy atom. The minimum absolute atomic E-state index is 0.140. The highest BCUT2D eigenvalue weighted by molar-refractivity contribution is 6.31. The van der Waals surface area contributed by atoms with Crippen molar-refractivity contribution in [3.8, 4) is 11.4 Å². The van der Waals surface area contributed by atoms with Crippen molar-refractivity contribution in [2.75, 3.05) is 18.1 Å². The second-order valence-electron chi connectivity index (χ2n) is 9.35. The average molecular weight is 601 g/mol. The van der Waals surface area contributed by atoms with Crippen LogP contribution in [0.5, 0.6) is 0 Å². The van der Waals surface area contributed by atoms with Crippen LogP contribution in [0.1, 0.15) is 24.4 Å². The van der Waals surface area contributed by atoms with Gasteiger partial charge in [-0.2, -0.15) is 4.80 Å². The van der Waals surface area contributed by atoms with E-state index in [2.05, 4.69) is 20.7 Å². The molecule has 0 aliphatic carbocycles. The molecule has 2 heterocycles. The maximum atomic E-state index is 14.1. The Balaban J connectivity index is 1.49. The number of nitrogens with zero attached hydrogens (tertiary/aromatic N) is 5.